The van der Waals surface area contributed by atoms with Gasteiger partial charge in [0.05, 0.1) is 23.7 Å². The maximum absolute atomic E-state index is 11.5. The number of anilines is 1. The molecule has 0 spiro atoms. The number of rotatable bonds is 8. The fourth-order valence-electron chi connectivity index (χ4n) is 1.85. The lowest BCUT2D eigenvalue weighted by atomic mass is 10.1. The third-order valence-electron chi connectivity index (χ3n) is 2.86. The molecule has 1 rings (SSSR count). The first kappa shape index (κ1) is 16.1. The molecule has 0 fully saturated rings. The first-order valence-electron chi connectivity index (χ1n) is 6.15. The lowest BCUT2D eigenvalue weighted by Gasteiger charge is -2.23. The highest BCUT2D eigenvalue weighted by molar-refractivity contribution is 5.99. The molecule has 0 aliphatic rings. The molecule has 0 aliphatic carbocycles. The number of aliphatic hydroxyl groups excluding tert-OH is 1. The van der Waals surface area contributed by atoms with Gasteiger partial charge in [0.15, 0.2) is 5.78 Å². The monoisotopic (exact) mass is 282 g/mol. The smallest absolute Gasteiger partial charge is 0.280 e. The highest BCUT2D eigenvalue weighted by atomic mass is 16.6. The van der Waals surface area contributed by atoms with Gasteiger partial charge in [-0.25, -0.2) is 0 Å². The zero-order chi connectivity index (χ0) is 15.1. The maximum atomic E-state index is 11.5. The molecule has 0 aliphatic heterocycles. The number of carbonyl (C=O) groups is 1. The second-order valence-electron chi connectivity index (χ2n) is 4.22. The van der Waals surface area contributed by atoms with E-state index in [9.17, 15) is 14.9 Å². The molecule has 7 nitrogen and oxygen atoms in total. The van der Waals surface area contributed by atoms with E-state index in [1.807, 2.05) is 0 Å². The van der Waals surface area contributed by atoms with Gasteiger partial charge in [-0.2, -0.15) is 0 Å². The van der Waals surface area contributed by atoms with Gasteiger partial charge in [0, 0.05) is 32.0 Å². The third-order valence-corrected chi connectivity index (χ3v) is 2.86. The van der Waals surface area contributed by atoms with Crippen LogP contribution < -0.4 is 4.90 Å². The quantitative estimate of drug-likeness (QED) is 0.438. The van der Waals surface area contributed by atoms with Gasteiger partial charge in [-0.15, -0.1) is 0 Å². The van der Waals surface area contributed by atoms with Crippen LogP contribution >= 0.6 is 0 Å². The topological polar surface area (TPSA) is 92.9 Å². The van der Waals surface area contributed by atoms with Crippen LogP contribution in [0.25, 0.3) is 0 Å². The molecular formula is C13H18N2O5. The fraction of sp³-hybridized carbons (Fsp3) is 0.462. The molecule has 1 aromatic carbocycles. The minimum Gasteiger partial charge on any atom is -0.395 e. The van der Waals surface area contributed by atoms with Crippen molar-refractivity contribution < 1.29 is 19.6 Å². The van der Waals surface area contributed by atoms with Crippen molar-refractivity contribution in [1.82, 2.24) is 0 Å². The molecule has 0 amide bonds. The Hall–Kier alpha value is -1.99. The Balaban J connectivity index is 3.13. The molecule has 1 aromatic rings. The number of ketones is 1. The Bertz CT molecular complexity index is 490. The van der Waals surface area contributed by atoms with E-state index in [1.165, 1.54) is 19.1 Å². The zero-order valence-electron chi connectivity index (χ0n) is 11.5. The van der Waals surface area contributed by atoms with E-state index < -0.39 is 4.92 Å². The van der Waals surface area contributed by atoms with Gasteiger partial charge < -0.3 is 14.7 Å². The largest absolute Gasteiger partial charge is 0.395 e. The molecule has 0 atom stereocenters. The summed E-state index contributed by atoms with van der Waals surface area (Å²) in [6.07, 6.45) is 0. The van der Waals surface area contributed by atoms with Gasteiger partial charge in [-0.05, 0) is 19.1 Å². The van der Waals surface area contributed by atoms with E-state index in [0.29, 0.717) is 25.4 Å². The van der Waals surface area contributed by atoms with E-state index in [2.05, 4.69) is 0 Å². The van der Waals surface area contributed by atoms with Crippen molar-refractivity contribution in [2.45, 2.75) is 6.92 Å². The van der Waals surface area contributed by atoms with Crippen molar-refractivity contribution in [3.8, 4) is 0 Å². The summed E-state index contributed by atoms with van der Waals surface area (Å²) in [4.78, 5) is 23.6. The average molecular weight is 282 g/mol. The van der Waals surface area contributed by atoms with Crippen LogP contribution in [0.1, 0.15) is 17.3 Å². The number of hydrogen-bond donors (Lipinski definition) is 1. The minimum atomic E-state index is -0.577. The van der Waals surface area contributed by atoms with Crippen molar-refractivity contribution in [2.75, 3.05) is 38.3 Å². The summed E-state index contributed by atoms with van der Waals surface area (Å²) < 4.78 is 4.98. The number of Topliss-reactive ketones (excluding diaryl/α,β-unsaturated/α-hetero) is 1. The molecule has 0 saturated carbocycles. The Kier molecular flexibility index (Phi) is 6.08. The van der Waals surface area contributed by atoms with Gasteiger partial charge in [-0.3, -0.25) is 14.9 Å². The second-order valence-corrected chi connectivity index (χ2v) is 4.22. The van der Waals surface area contributed by atoms with E-state index in [1.54, 1.807) is 18.1 Å². The summed E-state index contributed by atoms with van der Waals surface area (Å²) in [5.74, 6) is -0.366. The predicted octanol–water partition coefficient (Wildman–Crippen LogP) is 1.24. The third kappa shape index (κ3) is 4.01. The summed E-state index contributed by atoms with van der Waals surface area (Å²) >= 11 is 0. The summed E-state index contributed by atoms with van der Waals surface area (Å²) in [5, 5.41) is 19.9. The molecule has 20 heavy (non-hydrogen) atoms. The number of nitro benzene ring substituents is 1. The average Bonchev–Trinajstić information content (AvgIpc) is 2.42. The number of nitro groups is 1. The molecule has 0 heterocycles. The lowest BCUT2D eigenvalue weighted by molar-refractivity contribution is -0.385. The van der Waals surface area contributed by atoms with Crippen LogP contribution in [-0.4, -0.2) is 49.2 Å². The number of ether oxygens (including phenoxy) is 1. The van der Waals surface area contributed by atoms with Gasteiger partial charge in [0.1, 0.15) is 0 Å². The molecule has 7 heteroatoms. The van der Waals surface area contributed by atoms with Crippen LogP contribution in [0, 0.1) is 10.1 Å². The van der Waals surface area contributed by atoms with Crippen molar-refractivity contribution >= 4 is 17.2 Å². The molecule has 0 radical (unpaired) electrons. The SMILES string of the molecule is COCCN(CCO)c1ccc([N+](=O)[O-])c(C(C)=O)c1. The van der Waals surface area contributed by atoms with Crippen molar-refractivity contribution in [1.29, 1.82) is 0 Å². The van der Waals surface area contributed by atoms with E-state index in [4.69, 9.17) is 9.84 Å². The number of benzene rings is 1. The number of carbonyl (C=O) groups excluding carboxylic acids is 1. The zero-order valence-corrected chi connectivity index (χ0v) is 11.5. The molecule has 0 saturated heterocycles. The first-order chi connectivity index (χ1) is 9.51. The van der Waals surface area contributed by atoms with E-state index >= 15 is 0 Å². The number of nitrogens with zero attached hydrogens (tertiary/aromatic N) is 2. The summed E-state index contributed by atoms with van der Waals surface area (Å²) in [5.41, 5.74) is 0.497. The van der Waals surface area contributed by atoms with Gasteiger partial charge in [0.25, 0.3) is 5.69 Å². The summed E-state index contributed by atoms with van der Waals surface area (Å²) in [7, 11) is 1.56. The Labute approximate surface area is 116 Å². The van der Waals surface area contributed by atoms with Crippen LogP contribution in [-0.2, 0) is 4.74 Å². The Morgan fingerprint density at radius 3 is 2.65 bits per heavy atom. The van der Waals surface area contributed by atoms with Crippen LogP contribution in [0.4, 0.5) is 11.4 Å². The van der Waals surface area contributed by atoms with Crippen molar-refractivity contribution in [2.24, 2.45) is 0 Å². The second kappa shape index (κ2) is 7.56. The number of hydrogen-bond acceptors (Lipinski definition) is 6. The van der Waals surface area contributed by atoms with Crippen molar-refractivity contribution in [3.05, 3.63) is 33.9 Å². The van der Waals surface area contributed by atoms with Crippen LogP contribution in [0.2, 0.25) is 0 Å². The summed E-state index contributed by atoms with van der Waals surface area (Å²) in [6.45, 7) is 2.56. The number of methoxy groups -OCH3 is 1. The normalized spacial score (nSPS) is 10.3. The van der Waals surface area contributed by atoms with E-state index in [-0.39, 0.29) is 23.6 Å². The van der Waals surface area contributed by atoms with Crippen LogP contribution in [0.5, 0.6) is 0 Å². The Morgan fingerprint density at radius 2 is 2.15 bits per heavy atom. The van der Waals surface area contributed by atoms with Gasteiger partial charge >= 0.3 is 0 Å². The van der Waals surface area contributed by atoms with Crippen molar-refractivity contribution in [3.63, 3.8) is 0 Å². The fourth-order valence-corrected chi connectivity index (χ4v) is 1.85. The molecular weight excluding hydrogens is 264 g/mol. The molecule has 0 aromatic heterocycles. The van der Waals surface area contributed by atoms with Crippen LogP contribution in [0.15, 0.2) is 18.2 Å². The molecule has 110 valence electrons. The highest BCUT2D eigenvalue weighted by Crippen LogP contribution is 2.25. The lowest BCUT2D eigenvalue weighted by Crippen LogP contribution is -2.30. The maximum Gasteiger partial charge on any atom is 0.280 e. The predicted molar refractivity (Wildman–Crippen MR) is 74.3 cm³/mol. The first-order valence-corrected chi connectivity index (χ1v) is 6.15. The van der Waals surface area contributed by atoms with Gasteiger partial charge in [-0.1, -0.05) is 0 Å². The highest BCUT2D eigenvalue weighted by Gasteiger charge is 2.19. The Morgan fingerprint density at radius 1 is 1.45 bits per heavy atom. The standard InChI is InChI=1S/C13H18N2O5/c1-10(17)12-9-11(3-4-13(12)15(18)19)14(5-7-16)6-8-20-2/h3-4,9,16H,5-8H2,1-2H3. The minimum absolute atomic E-state index is 0.0594. The van der Waals surface area contributed by atoms with E-state index in [0.717, 1.165) is 0 Å². The van der Waals surface area contributed by atoms with Crippen LogP contribution in [0.3, 0.4) is 0 Å². The molecule has 0 unspecified atom stereocenters. The number of aliphatic hydroxyl groups is 1. The van der Waals surface area contributed by atoms with Gasteiger partial charge in [0.2, 0.25) is 0 Å². The molecule has 1 N–H and O–H groups in total. The molecule has 0 bridgehead atoms. The summed E-state index contributed by atoms with van der Waals surface area (Å²) in [6, 6.07) is 4.35.